The molecule has 2 heterocycles. The van der Waals surface area contributed by atoms with Crippen LogP contribution in [-0.2, 0) is 4.79 Å². The minimum absolute atomic E-state index is 0.0472. The zero-order valence-electron chi connectivity index (χ0n) is 14.6. The van der Waals surface area contributed by atoms with E-state index in [-0.39, 0.29) is 11.2 Å². The van der Waals surface area contributed by atoms with E-state index in [1.807, 2.05) is 47.9 Å². The molecule has 0 saturated carbocycles. The second kappa shape index (κ2) is 7.70. The fourth-order valence-corrected chi connectivity index (χ4v) is 3.32. The predicted octanol–water partition coefficient (Wildman–Crippen LogP) is 4.36. The molecule has 1 amide bonds. The molecule has 0 saturated heterocycles. The average molecular weight is 354 g/mol. The van der Waals surface area contributed by atoms with Gasteiger partial charge in [-0.15, -0.1) is 10.2 Å². The minimum atomic E-state index is -0.276. The molecule has 0 radical (unpaired) electrons. The molecule has 3 aromatic rings. The summed E-state index contributed by atoms with van der Waals surface area (Å²) in [4.78, 5) is 12.5. The minimum Gasteiger partial charge on any atom is -0.325 e. The van der Waals surface area contributed by atoms with Crippen LogP contribution < -0.4 is 5.32 Å². The lowest BCUT2D eigenvalue weighted by Gasteiger charge is -2.13. The topological polar surface area (TPSA) is 59.3 Å². The number of hydrogen-bond donors (Lipinski definition) is 1. The van der Waals surface area contributed by atoms with Crippen LogP contribution in [0.4, 0.5) is 5.69 Å². The normalized spacial score (nSPS) is 13.6. The number of hydrogen-bond acceptors (Lipinski definition) is 4. The van der Waals surface area contributed by atoms with E-state index in [2.05, 4.69) is 41.5 Å². The number of aromatic nitrogens is 3. The highest BCUT2D eigenvalue weighted by atomic mass is 32.2. The Bertz CT molecular complexity index is 859. The van der Waals surface area contributed by atoms with Gasteiger partial charge < -0.3 is 5.32 Å². The second-order valence-corrected chi connectivity index (χ2v) is 7.40. The van der Waals surface area contributed by atoms with Crippen LogP contribution in [0, 0.1) is 0 Å². The molecule has 0 aliphatic carbocycles. The predicted molar refractivity (Wildman–Crippen MR) is 102 cm³/mol. The molecule has 0 bridgehead atoms. The van der Waals surface area contributed by atoms with Crippen molar-refractivity contribution < 1.29 is 4.79 Å². The molecule has 25 heavy (non-hydrogen) atoms. The van der Waals surface area contributed by atoms with Gasteiger partial charge in [-0.05, 0) is 49.1 Å². The quantitative estimate of drug-likeness (QED) is 0.668. The van der Waals surface area contributed by atoms with Gasteiger partial charge in [0.1, 0.15) is 0 Å². The largest absolute Gasteiger partial charge is 0.325 e. The van der Waals surface area contributed by atoms with Crippen molar-refractivity contribution >= 4 is 29.0 Å². The first-order valence-electron chi connectivity index (χ1n) is 8.45. The van der Waals surface area contributed by atoms with E-state index in [0.29, 0.717) is 11.1 Å². The maximum absolute atomic E-state index is 12.5. The number of nitrogens with zero attached hydrogens (tertiary/aromatic N) is 3. The zero-order chi connectivity index (χ0) is 17.8. The second-order valence-electron chi connectivity index (χ2n) is 6.09. The summed E-state index contributed by atoms with van der Waals surface area (Å²) < 4.78 is 1.88. The van der Waals surface area contributed by atoms with E-state index in [1.165, 1.54) is 17.3 Å². The summed E-state index contributed by atoms with van der Waals surface area (Å²) in [6.45, 7) is 6.25. The Labute approximate surface area is 151 Å². The number of carbonyl (C=O) groups excluding carboxylic acids is 1. The molecule has 1 N–H and O–H groups in total. The van der Waals surface area contributed by atoms with E-state index in [4.69, 9.17) is 0 Å². The van der Waals surface area contributed by atoms with Crippen molar-refractivity contribution in [2.75, 3.05) is 5.32 Å². The van der Waals surface area contributed by atoms with Crippen LogP contribution in [0.5, 0.6) is 0 Å². The highest BCUT2D eigenvalue weighted by molar-refractivity contribution is 8.00. The number of anilines is 1. The van der Waals surface area contributed by atoms with Gasteiger partial charge in [-0.3, -0.25) is 9.20 Å². The Balaban J connectivity index is 1.64. The third-order valence-electron chi connectivity index (χ3n) is 4.29. The maximum Gasteiger partial charge on any atom is 0.237 e. The Hall–Kier alpha value is -2.34. The molecule has 0 aliphatic rings. The van der Waals surface area contributed by atoms with Gasteiger partial charge in [0.2, 0.25) is 5.91 Å². The van der Waals surface area contributed by atoms with Gasteiger partial charge in [-0.25, -0.2) is 0 Å². The molecular weight excluding hydrogens is 332 g/mol. The van der Waals surface area contributed by atoms with Gasteiger partial charge in [0.05, 0.1) is 5.25 Å². The first-order valence-corrected chi connectivity index (χ1v) is 9.33. The van der Waals surface area contributed by atoms with Crippen LogP contribution in [0.25, 0.3) is 5.65 Å². The molecule has 3 rings (SSSR count). The Morgan fingerprint density at radius 2 is 1.92 bits per heavy atom. The summed E-state index contributed by atoms with van der Waals surface area (Å²) >= 11 is 1.40. The molecule has 2 aromatic heterocycles. The van der Waals surface area contributed by atoms with Crippen molar-refractivity contribution in [2.24, 2.45) is 0 Å². The molecule has 0 aliphatic heterocycles. The lowest BCUT2D eigenvalue weighted by molar-refractivity contribution is -0.115. The molecule has 5 nitrogen and oxygen atoms in total. The fourth-order valence-electron chi connectivity index (χ4n) is 2.49. The highest BCUT2D eigenvalue weighted by Crippen LogP contribution is 2.24. The van der Waals surface area contributed by atoms with Crippen molar-refractivity contribution in [3.63, 3.8) is 0 Å². The smallest absolute Gasteiger partial charge is 0.237 e. The number of pyridine rings is 1. The van der Waals surface area contributed by atoms with Crippen molar-refractivity contribution in [3.05, 3.63) is 54.2 Å². The summed E-state index contributed by atoms with van der Waals surface area (Å²) in [6.07, 6.45) is 3.00. The summed E-state index contributed by atoms with van der Waals surface area (Å²) in [6, 6.07) is 13.8. The maximum atomic E-state index is 12.5. The molecule has 0 fully saturated rings. The highest BCUT2D eigenvalue weighted by Gasteiger charge is 2.18. The number of nitrogens with one attached hydrogen (secondary N) is 1. The summed E-state index contributed by atoms with van der Waals surface area (Å²) in [5.41, 5.74) is 2.88. The first-order chi connectivity index (χ1) is 12.1. The van der Waals surface area contributed by atoms with Crippen LogP contribution in [0.2, 0.25) is 0 Å². The van der Waals surface area contributed by atoms with Gasteiger partial charge in [-0.2, -0.15) is 0 Å². The van der Waals surface area contributed by atoms with Crippen LogP contribution in [-0.4, -0.2) is 25.8 Å². The van der Waals surface area contributed by atoms with E-state index in [0.717, 1.165) is 17.8 Å². The zero-order valence-corrected chi connectivity index (χ0v) is 15.5. The van der Waals surface area contributed by atoms with Gasteiger partial charge in [0.15, 0.2) is 10.8 Å². The Morgan fingerprint density at radius 1 is 1.16 bits per heavy atom. The molecule has 2 atom stereocenters. The van der Waals surface area contributed by atoms with E-state index >= 15 is 0 Å². The Kier molecular flexibility index (Phi) is 5.38. The molecule has 130 valence electrons. The lowest BCUT2D eigenvalue weighted by Crippen LogP contribution is -2.22. The van der Waals surface area contributed by atoms with Crippen molar-refractivity contribution in [2.45, 2.75) is 43.5 Å². The SMILES string of the molecule is CC[C@H](C)c1ccc(NC(=O)[C@@H](C)Sc2nnc3ccccn23)cc1. The Morgan fingerprint density at radius 3 is 2.64 bits per heavy atom. The standard InChI is InChI=1S/C19H22N4OS/c1-4-13(2)15-8-10-16(11-9-15)20-18(24)14(3)25-19-22-21-17-7-5-6-12-23(17)19/h5-14H,4H2,1-3H3,(H,20,24)/t13-,14+/m0/s1. The van der Waals surface area contributed by atoms with Crippen LogP contribution in [0.15, 0.2) is 53.8 Å². The van der Waals surface area contributed by atoms with Gasteiger partial charge in [0.25, 0.3) is 0 Å². The third-order valence-corrected chi connectivity index (χ3v) is 5.35. The van der Waals surface area contributed by atoms with Crippen molar-refractivity contribution in [3.8, 4) is 0 Å². The molecule has 0 unspecified atom stereocenters. The average Bonchev–Trinajstić information content (AvgIpc) is 3.04. The van der Waals surface area contributed by atoms with Crippen LogP contribution in [0.3, 0.4) is 0 Å². The number of thioether (sulfide) groups is 1. The third kappa shape index (κ3) is 4.02. The van der Waals surface area contributed by atoms with E-state index in [9.17, 15) is 4.79 Å². The van der Waals surface area contributed by atoms with Crippen molar-refractivity contribution in [1.29, 1.82) is 0 Å². The van der Waals surface area contributed by atoms with Gasteiger partial charge >= 0.3 is 0 Å². The van der Waals surface area contributed by atoms with E-state index in [1.54, 1.807) is 0 Å². The van der Waals surface area contributed by atoms with Crippen LogP contribution >= 0.6 is 11.8 Å². The summed E-state index contributed by atoms with van der Waals surface area (Å²) in [5, 5.41) is 11.7. The van der Waals surface area contributed by atoms with E-state index < -0.39 is 0 Å². The monoisotopic (exact) mass is 354 g/mol. The van der Waals surface area contributed by atoms with Crippen LogP contribution in [0.1, 0.15) is 38.7 Å². The number of carbonyl (C=O) groups is 1. The first kappa shape index (κ1) is 17.5. The van der Waals surface area contributed by atoms with Gasteiger partial charge in [0, 0.05) is 11.9 Å². The summed E-state index contributed by atoms with van der Waals surface area (Å²) in [7, 11) is 0. The molecule has 1 aromatic carbocycles. The number of fused-ring (bicyclic) bond motifs is 1. The number of benzene rings is 1. The molecular formula is C19H22N4OS. The molecule has 6 heteroatoms. The lowest BCUT2D eigenvalue weighted by atomic mass is 9.99. The van der Waals surface area contributed by atoms with Crippen molar-refractivity contribution in [1.82, 2.24) is 14.6 Å². The number of amides is 1. The fraction of sp³-hybridized carbons (Fsp3) is 0.316. The summed E-state index contributed by atoms with van der Waals surface area (Å²) in [5.74, 6) is 0.481. The van der Waals surface area contributed by atoms with Gasteiger partial charge in [-0.1, -0.05) is 43.8 Å². The molecule has 0 spiro atoms. The number of rotatable bonds is 6.